The second-order valence-electron chi connectivity index (χ2n) is 4.26. The van der Waals surface area contributed by atoms with E-state index in [2.05, 4.69) is 0 Å². The normalized spacial score (nSPS) is 10.5. The Labute approximate surface area is 127 Å². The largest absolute Gasteiger partial charge is 0.396 e. The van der Waals surface area contributed by atoms with Gasteiger partial charge in [-0.15, -0.1) is 22.7 Å². The number of halogens is 2. The van der Waals surface area contributed by atoms with E-state index in [-0.39, 0.29) is 5.56 Å². The zero-order chi connectivity index (χ0) is 15.0. The van der Waals surface area contributed by atoms with E-state index < -0.39 is 11.6 Å². The van der Waals surface area contributed by atoms with Crippen LogP contribution in [0.5, 0.6) is 0 Å². The summed E-state index contributed by atoms with van der Waals surface area (Å²) < 4.78 is 27.5. The molecule has 0 atom stereocenters. The first-order valence-corrected chi connectivity index (χ1v) is 7.63. The van der Waals surface area contributed by atoms with Crippen molar-refractivity contribution in [1.29, 1.82) is 5.26 Å². The van der Waals surface area contributed by atoms with Gasteiger partial charge in [-0.2, -0.15) is 5.26 Å². The van der Waals surface area contributed by atoms with Gasteiger partial charge in [-0.3, -0.25) is 0 Å². The summed E-state index contributed by atoms with van der Waals surface area (Å²) >= 11 is 2.51. The molecule has 0 aliphatic carbocycles. The summed E-state index contributed by atoms with van der Waals surface area (Å²) in [5, 5.41) is 11.0. The molecule has 2 aromatic heterocycles. The molecule has 2 nitrogen and oxygen atoms in total. The summed E-state index contributed by atoms with van der Waals surface area (Å²) in [7, 11) is 0. The minimum Gasteiger partial charge on any atom is -0.396 e. The minimum absolute atomic E-state index is 0.122. The number of nitrogen functional groups attached to an aromatic ring is 1. The number of thiophene rings is 2. The van der Waals surface area contributed by atoms with Gasteiger partial charge in [0.05, 0.1) is 5.69 Å². The second-order valence-corrected chi connectivity index (χ2v) is 6.23. The molecule has 0 unspecified atom stereocenters. The molecule has 1 aromatic carbocycles. The van der Waals surface area contributed by atoms with Crippen LogP contribution in [0, 0.1) is 23.0 Å². The molecular weight excluding hydrogens is 310 g/mol. The van der Waals surface area contributed by atoms with Crippen LogP contribution in [-0.4, -0.2) is 0 Å². The molecule has 0 bridgehead atoms. The van der Waals surface area contributed by atoms with Gasteiger partial charge in [0, 0.05) is 20.9 Å². The molecule has 0 aliphatic rings. The van der Waals surface area contributed by atoms with Crippen LogP contribution >= 0.6 is 22.7 Å². The van der Waals surface area contributed by atoms with Crippen molar-refractivity contribution in [2.24, 2.45) is 0 Å². The lowest BCUT2D eigenvalue weighted by atomic mass is 10.1. The third-order valence-corrected chi connectivity index (χ3v) is 5.02. The maximum absolute atomic E-state index is 14.0. The van der Waals surface area contributed by atoms with Gasteiger partial charge >= 0.3 is 0 Å². The number of hydrogen-bond acceptors (Lipinski definition) is 4. The van der Waals surface area contributed by atoms with Gasteiger partial charge in [-0.25, -0.2) is 8.78 Å². The van der Waals surface area contributed by atoms with Crippen molar-refractivity contribution >= 4 is 28.4 Å². The standard InChI is InChI=1S/C15H8F2N2S2/c16-8-3-4-10(17)9(6-8)15-13(11-2-1-5-20-11)14(19)12(7-18)21-15/h1-6H,19H2. The summed E-state index contributed by atoms with van der Waals surface area (Å²) in [6.07, 6.45) is 0. The van der Waals surface area contributed by atoms with E-state index in [0.717, 1.165) is 34.4 Å². The van der Waals surface area contributed by atoms with E-state index in [1.54, 1.807) is 0 Å². The number of nitrogens with zero attached hydrogens (tertiary/aromatic N) is 1. The molecule has 21 heavy (non-hydrogen) atoms. The Morgan fingerprint density at radius 1 is 1.19 bits per heavy atom. The van der Waals surface area contributed by atoms with Crippen LogP contribution in [0.15, 0.2) is 35.7 Å². The number of anilines is 1. The number of hydrogen-bond donors (Lipinski definition) is 1. The first-order chi connectivity index (χ1) is 10.1. The zero-order valence-electron chi connectivity index (χ0n) is 10.6. The van der Waals surface area contributed by atoms with Crippen molar-refractivity contribution in [3.8, 4) is 27.0 Å². The van der Waals surface area contributed by atoms with Gasteiger partial charge in [0.25, 0.3) is 0 Å². The molecular formula is C15H8F2N2S2. The topological polar surface area (TPSA) is 49.8 Å². The lowest BCUT2D eigenvalue weighted by molar-refractivity contribution is 0.603. The fourth-order valence-corrected chi connectivity index (χ4v) is 3.96. The van der Waals surface area contributed by atoms with Crippen LogP contribution in [-0.2, 0) is 0 Å². The maximum atomic E-state index is 14.0. The molecule has 3 rings (SSSR count). The van der Waals surface area contributed by atoms with Crippen LogP contribution in [0.2, 0.25) is 0 Å². The van der Waals surface area contributed by atoms with E-state index in [9.17, 15) is 8.78 Å². The molecule has 6 heteroatoms. The van der Waals surface area contributed by atoms with Gasteiger partial charge in [0.1, 0.15) is 22.6 Å². The van der Waals surface area contributed by atoms with Crippen molar-refractivity contribution in [3.63, 3.8) is 0 Å². The first-order valence-electron chi connectivity index (χ1n) is 5.93. The van der Waals surface area contributed by atoms with Gasteiger partial charge in [0.15, 0.2) is 0 Å². The zero-order valence-corrected chi connectivity index (χ0v) is 12.2. The van der Waals surface area contributed by atoms with Crippen LogP contribution in [0.1, 0.15) is 4.88 Å². The minimum atomic E-state index is -0.542. The molecule has 0 saturated carbocycles. The monoisotopic (exact) mass is 318 g/mol. The van der Waals surface area contributed by atoms with Crippen molar-refractivity contribution in [1.82, 2.24) is 0 Å². The van der Waals surface area contributed by atoms with Crippen LogP contribution in [0.3, 0.4) is 0 Å². The van der Waals surface area contributed by atoms with E-state index in [0.29, 0.717) is 21.0 Å². The maximum Gasteiger partial charge on any atom is 0.132 e. The Morgan fingerprint density at radius 2 is 2.00 bits per heavy atom. The Kier molecular flexibility index (Phi) is 3.45. The van der Waals surface area contributed by atoms with Crippen LogP contribution < -0.4 is 5.73 Å². The van der Waals surface area contributed by atoms with Crippen LogP contribution in [0.25, 0.3) is 20.9 Å². The van der Waals surface area contributed by atoms with Gasteiger partial charge in [-0.05, 0) is 29.6 Å². The molecule has 0 spiro atoms. The molecule has 2 N–H and O–H groups in total. The van der Waals surface area contributed by atoms with Crippen molar-refractivity contribution in [2.45, 2.75) is 0 Å². The van der Waals surface area contributed by atoms with Crippen molar-refractivity contribution < 1.29 is 8.78 Å². The van der Waals surface area contributed by atoms with E-state index in [1.165, 1.54) is 11.3 Å². The molecule has 0 amide bonds. The summed E-state index contributed by atoms with van der Waals surface area (Å²) in [6.45, 7) is 0. The highest BCUT2D eigenvalue weighted by atomic mass is 32.1. The Bertz CT molecular complexity index is 845. The summed E-state index contributed by atoms with van der Waals surface area (Å²) in [5.74, 6) is -1.08. The highest BCUT2D eigenvalue weighted by molar-refractivity contribution is 7.18. The highest BCUT2D eigenvalue weighted by Gasteiger charge is 2.21. The Hall–Kier alpha value is -2.23. The molecule has 2 heterocycles. The quantitative estimate of drug-likeness (QED) is 0.732. The first kappa shape index (κ1) is 13.7. The van der Waals surface area contributed by atoms with Crippen LogP contribution in [0.4, 0.5) is 14.5 Å². The number of nitriles is 1. The summed E-state index contributed by atoms with van der Waals surface area (Å²) in [4.78, 5) is 1.60. The summed E-state index contributed by atoms with van der Waals surface area (Å²) in [5.41, 5.74) is 7.03. The molecule has 0 fully saturated rings. The molecule has 3 aromatic rings. The smallest absolute Gasteiger partial charge is 0.132 e. The molecule has 0 saturated heterocycles. The predicted octanol–water partition coefficient (Wildman–Crippen LogP) is 4.88. The van der Waals surface area contributed by atoms with Crippen molar-refractivity contribution in [3.05, 3.63) is 52.2 Å². The summed E-state index contributed by atoms with van der Waals surface area (Å²) in [6, 6.07) is 8.94. The average Bonchev–Trinajstić information content (AvgIpc) is 3.08. The SMILES string of the molecule is N#Cc1sc(-c2cc(F)ccc2F)c(-c2cccs2)c1N. The predicted molar refractivity (Wildman–Crippen MR) is 82.1 cm³/mol. The third kappa shape index (κ3) is 2.31. The number of nitrogens with two attached hydrogens (primary N) is 1. The lowest BCUT2D eigenvalue weighted by Crippen LogP contribution is -1.89. The lowest BCUT2D eigenvalue weighted by Gasteiger charge is -2.05. The highest BCUT2D eigenvalue weighted by Crippen LogP contribution is 2.46. The average molecular weight is 318 g/mol. The third-order valence-electron chi connectivity index (χ3n) is 2.99. The fourth-order valence-electron chi connectivity index (χ4n) is 2.05. The second kappa shape index (κ2) is 5.28. The van der Waals surface area contributed by atoms with E-state index in [1.807, 2.05) is 23.6 Å². The number of benzene rings is 1. The molecule has 0 radical (unpaired) electrons. The Balaban J connectivity index is 2.33. The van der Waals surface area contributed by atoms with Gasteiger partial charge in [-0.1, -0.05) is 6.07 Å². The fraction of sp³-hybridized carbons (Fsp3) is 0. The van der Waals surface area contributed by atoms with Crippen molar-refractivity contribution in [2.75, 3.05) is 5.73 Å². The van der Waals surface area contributed by atoms with E-state index in [4.69, 9.17) is 11.0 Å². The Morgan fingerprint density at radius 3 is 2.67 bits per heavy atom. The van der Waals surface area contributed by atoms with Gasteiger partial charge < -0.3 is 5.73 Å². The number of rotatable bonds is 2. The van der Waals surface area contributed by atoms with E-state index >= 15 is 0 Å². The van der Waals surface area contributed by atoms with Gasteiger partial charge in [0.2, 0.25) is 0 Å². The molecule has 104 valence electrons. The molecule has 0 aliphatic heterocycles.